The number of aliphatic hydroxyl groups excluding tert-OH is 1. The highest BCUT2D eigenvalue weighted by Gasteiger charge is 2.22. The number of ether oxygens (including phenoxy) is 1. The zero-order valence-corrected chi connectivity index (χ0v) is 11.8. The highest BCUT2D eigenvalue weighted by molar-refractivity contribution is 6.42. The van der Waals surface area contributed by atoms with E-state index in [4.69, 9.17) is 33.0 Å². The van der Waals surface area contributed by atoms with Crippen molar-refractivity contribution in [3.8, 4) is 0 Å². The molecule has 1 heterocycles. The minimum absolute atomic E-state index is 0.0165. The molecule has 2 rings (SSSR count). The van der Waals surface area contributed by atoms with Crippen LogP contribution in [-0.4, -0.2) is 54.7 Å². The molecule has 1 atom stereocenters. The summed E-state index contributed by atoms with van der Waals surface area (Å²) in [6, 6.07) is 4.86. The molecule has 6 heteroatoms. The lowest BCUT2D eigenvalue weighted by molar-refractivity contribution is -0.0503. The first-order valence-corrected chi connectivity index (χ1v) is 6.79. The first-order chi connectivity index (χ1) is 9.10. The maximum absolute atomic E-state index is 12.1. The third-order valence-electron chi connectivity index (χ3n) is 3.04. The number of carbonyl (C=O) groups is 1. The van der Waals surface area contributed by atoms with Gasteiger partial charge in [-0.3, -0.25) is 9.69 Å². The van der Waals surface area contributed by atoms with E-state index in [1.54, 1.807) is 18.2 Å². The molecule has 0 radical (unpaired) electrons. The lowest BCUT2D eigenvalue weighted by Crippen LogP contribution is -2.45. The summed E-state index contributed by atoms with van der Waals surface area (Å²) in [5, 5.41) is 9.87. The number of benzene rings is 1. The van der Waals surface area contributed by atoms with Crippen LogP contribution in [0, 0.1) is 0 Å². The first kappa shape index (κ1) is 14.8. The summed E-state index contributed by atoms with van der Waals surface area (Å²) >= 11 is 11.7. The van der Waals surface area contributed by atoms with E-state index in [1.165, 1.54) is 0 Å². The van der Waals surface area contributed by atoms with Gasteiger partial charge in [0.2, 0.25) is 0 Å². The van der Waals surface area contributed by atoms with Crippen LogP contribution in [0.1, 0.15) is 10.4 Å². The van der Waals surface area contributed by atoms with E-state index >= 15 is 0 Å². The third kappa shape index (κ3) is 3.91. The lowest BCUT2D eigenvalue weighted by Gasteiger charge is -2.31. The van der Waals surface area contributed by atoms with Gasteiger partial charge in [-0.05, 0) is 18.2 Å². The van der Waals surface area contributed by atoms with Gasteiger partial charge in [0.1, 0.15) is 0 Å². The highest BCUT2D eigenvalue weighted by atomic mass is 35.5. The van der Waals surface area contributed by atoms with E-state index < -0.39 is 0 Å². The van der Waals surface area contributed by atoms with Gasteiger partial charge in [0.05, 0.1) is 35.9 Å². The Kier molecular flexibility index (Phi) is 5.19. The van der Waals surface area contributed by atoms with Crippen LogP contribution in [0.15, 0.2) is 18.2 Å². The summed E-state index contributed by atoms with van der Waals surface area (Å²) in [4.78, 5) is 14.1. The molecule has 0 amide bonds. The van der Waals surface area contributed by atoms with E-state index in [9.17, 15) is 4.79 Å². The van der Waals surface area contributed by atoms with E-state index in [2.05, 4.69) is 0 Å². The number of nitrogens with zero attached hydrogens (tertiary/aromatic N) is 1. The molecule has 4 nitrogen and oxygen atoms in total. The van der Waals surface area contributed by atoms with Crippen LogP contribution in [-0.2, 0) is 4.74 Å². The molecule has 19 heavy (non-hydrogen) atoms. The number of rotatable bonds is 4. The summed E-state index contributed by atoms with van der Waals surface area (Å²) in [6.45, 7) is 2.03. The molecule has 104 valence electrons. The van der Waals surface area contributed by atoms with Crippen LogP contribution in [0.3, 0.4) is 0 Å². The molecule has 1 aromatic rings. The smallest absolute Gasteiger partial charge is 0.176 e. The van der Waals surface area contributed by atoms with Crippen molar-refractivity contribution in [3.63, 3.8) is 0 Å². The van der Waals surface area contributed by atoms with Crippen LogP contribution < -0.4 is 0 Å². The number of carbonyl (C=O) groups excluding carboxylic acids is 1. The number of Topliss-reactive ketones (excluding diaryl/α,β-unsaturated/α-hetero) is 1. The Bertz CT molecular complexity index is 467. The number of morpholine rings is 1. The average molecular weight is 304 g/mol. The van der Waals surface area contributed by atoms with Crippen LogP contribution in [0.4, 0.5) is 0 Å². The van der Waals surface area contributed by atoms with Crippen molar-refractivity contribution < 1.29 is 14.6 Å². The van der Waals surface area contributed by atoms with Gasteiger partial charge >= 0.3 is 0 Å². The fourth-order valence-electron chi connectivity index (χ4n) is 2.00. The van der Waals surface area contributed by atoms with E-state index in [1.807, 2.05) is 4.90 Å². The standard InChI is InChI=1S/C13H15Cl2NO3/c14-11-2-1-9(5-12(11)15)13(18)7-16-3-4-19-10(6-16)8-17/h1-2,5,10,17H,3-4,6-8H2. The van der Waals surface area contributed by atoms with Crippen molar-refractivity contribution in [2.24, 2.45) is 0 Å². The minimum Gasteiger partial charge on any atom is -0.394 e. The number of aliphatic hydroxyl groups is 1. The maximum atomic E-state index is 12.1. The Morgan fingerprint density at radius 3 is 2.89 bits per heavy atom. The quantitative estimate of drug-likeness (QED) is 0.863. The zero-order valence-electron chi connectivity index (χ0n) is 10.3. The molecule has 0 aliphatic carbocycles. The Labute approximate surface area is 121 Å². The molecular formula is C13H15Cl2NO3. The monoisotopic (exact) mass is 303 g/mol. The van der Waals surface area contributed by atoms with Gasteiger partial charge < -0.3 is 9.84 Å². The molecule has 0 saturated carbocycles. The highest BCUT2D eigenvalue weighted by Crippen LogP contribution is 2.23. The SMILES string of the molecule is O=C(CN1CCOC(CO)C1)c1ccc(Cl)c(Cl)c1. The Balaban J connectivity index is 1.98. The fraction of sp³-hybridized carbons (Fsp3) is 0.462. The summed E-state index contributed by atoms with van der Waals surface area (Å²) < 4.78 is 5.34. The molecule has 1 saturated heterocycles. The molecule has 1 fully saturated rings. The third-order valence-corrected chi connectivity index (χ3v) is 3.77. The topological polar surface area (TPSA) is 49.8 Å². The number of ketones is 1. The van der Waals surface area contributed by atoms with Gasteiger partial charge in [0.15, 0.2) is 5.78 Å². The normalized spacial score (nSPS) is 20.5. The van der Waals surface area contributed by atoms with Gasteiger partial charge in [-0.2, -0.15) is 0 Å². The van der Waals surface area contributed by atoms with Gasteiger partial charge in [-0.25, -0.2) is 0 Å². The van der Waals surface area contributed by atoms with Gasteiger partial charge in [0.25, 0.3) is 0 Å². The summed E-state index contributed by atoms with van der Waals surface area (Å²) in [7, 11) is 0. The van der Waals surface area contributed by atoms with Gasteiger partial charge in [0, 0.05) is 18.7 Å². The Morgan fingerprint density at radius 1 is 1.42 bits per heavy atom. The molecule has 1 N–H and O–H groups in total. The summed E-state index contributed by atoms with van der Waals surface area (Å²) in [6.07, 6.45) is -0.213. The molecule has 0 aromatic heterocycles. The largest absolute Gasteiger partial charge is 0.394 e. The minimum atomic E-state index is -0.213. The van der Waals surface area contributed by atoms with Crippen molar-refractivity contribution in [2.45, 2.75) is 6.10 Å². The second kappa shape index (κ2) is 6.68. The van der Waals surface area contributed by atoms with E-state index in [-0.39, 0.29) is 25.0 Å². The van der Waals surface area contributed by atoms with Crippen molar-refractivity contribution in [1.82, 2.24) is 4.90 Å². The molecular weight excluding hydrogens is 289 g/mol. The molecule has 0 bridgehead atoms. The van der Waals surface area contributed by atoms with Gasteiger partial charge in [-0.1, -0.05) is 23.2 Å². The van der Waals surface area contributed by atoms with Crippen LogP contribution >= 0.6 is 23.2 Å². The van der Waals surface area contributed by atoms with Crippen molar-refractivity contribution in [2.75, 3.05) is 32.8 Å². The molecule has 1 aliphatic rings. The second-order valence-corrected chi connectivity index (χ2v) is 5.28. The van der Waals surface area contributed by atoms with Crippen LogP contribution in [0.2, 0.25) is 10.0 Å². The van der Waals surface area contributed by atoms with Crippen LogP contribution in [0.5, 0.6) is 0 Å². The fourth-order valence-corrected chi connectivity index (χ4v) is 2.30. The van der Waals surface area contributed by atoms with E-state index in [0.29, 0.717) is 35.3 Å². The number of halogens is 2. The van der Waals surface area contributed by atoms with Gasteiger partial charge in [-0.15, -0.1) is 0 Å². The number of hydrogen-bond acceptors (Lipinski definition) is 4. The first-order valence-electron chi connectivity index (χ1n) is 6.03. The zero-order chi connectivity index (χ0) is 13.8. The second-order valence-electron chi connectivity index (χ2n) is 4.46. The predicted molar refractivity (Wildman–Crippen MR) is 74.1 cm³/mol. The van der Waals surface area contributed by atoms with Crippen LogP contribution in [0.25, 0.3) is 0 Å². The summed E-state index contributed by atoms with van der Waals surface area (Å²) in [5.74, 6) is -0.0165. The Hall–Kier alpha value is -0.650. The summed E-state index contributed by atoms with van der Waals surface area (Å²) in [5.41, 5.74) is 0.543. The average Bonchev–Trinajstić information content (AvgIpc) is 2.42. The van der Waals surface area contributed by atoms with Crippen molar-refractivity contribution >= 4 is 29.0 Å². The number of hydrogen-bond donors (Lipinski definition) is 1. The van der Waals surface area contributed by atoms with Crippen molar-refractivity contribution in [3.05, 3.63) is 33.8 Å². The molecule has 1 aromatic carbocycles. The molecule has 1 unspecified atom stereocenters. The van der Waals surface area contributed by atoms with E-state index in [0.717, 1.165) is 0 Å². The maximum Gasteiger partial charge on any atom is 0.176 e. The van der Waals surface area contributed by atoms with Crippen molar-refractivity contribution in [1.29, 1.82) is 0 Å². The Morgan fingerprint density at radius 2 is 2.21 bits per heavy atom. The molecule has 1 aliphatic heterocycles. The predicted octanol–water partition coefficient (Wildman–Crippen LogP) is 1.87. The lowest BCUT2D eigenvalue weighted by atomic mass is 10.1. The molecule has 0 spiro atoms.